The van der Waals surface area contributed by atoms with Crippen LogP contribution in [0.4, 0.5) is 4.39 Å². The fraction of sp³-hybridized carbons (Fsp3) is 0.0769. The Bertz CT molecular complexity index is 622. The number of fused-ring (bicyclic) bond motifs is 3. The molecular weight excluding hydrogens is 227 g/mol. The van der Waals surface area contributed by atoms with Crippen LogP contribution in [0.1, 0.15) is 11.3 Å². The van der Waals surface area contributed by atoms with E-state index in [0.29, 0.717) is 11.4 Å². The Kier molecular flexibility index (Phi) is 2.11. The molecule has 2 aromatic rings. The van der Waals surface area contributed by atoms with Crippen molar-refractivity contribution in [1.82, 2.24) is 0 Å². The van der Waals surface area contributed by atoms with E-state index in [9.17, 15) is 4.39 Å². The number of halogens is 2. The molecule has 0 spiro atoms. The Balaban J connectivity index is 2.28. The third kappa shape index (κ3) is 1.46. The topological polar surface area (TPSA) is 13.1 Å². The summed E-state index contributed by atoms with van der Waals surface area (Å²) in [7, 11) is 0. The summed E-state index contributed by atoms with van der Waals surface area (Å²) < 4.78 is 18.7. The second kappa shape index (κ2) is 3.49. The number of furan rings is 1. The highest BCUT2D eigenvalue weighted by atomic mass is 35.5. The third-order valence-electron chi connectivity index (χ3n) is 2.66. The highest BCUT2D eigenvalue weighted by Crippen LogP contribution is 2.31. The predicted octanol–water partition coefficient (Wildman–Crippen LogP) is 4.51. The van der Waals surface area contributed by atoms with E-state index in [1.807, 2.05) is 12.1 Å². The Morgan fingerprint density at radius 1 is 1.25 bits per heavy atom. The lowest BCUT2D eigenvalue weighted by molar-refractivity contribution is 0.561. The maximum atomic E-state index is 13.1. The molecule has 1 aliphatic carbocycles. The van der Waals surface area contributed by atoms with Crippen LogP contribution >= 0.6 is 11.6 Å². The zero-order valence-corrected chi connectivity index (χ0v) is 9.09. The van der Waals surface area contributed by atoms with Crippen LogP contribution in [-0.4, -0.2) is 0 Å². The molecule has 1 heterocycles. The maximum Gasteiger partial charge on any atom is 0.136 e. The number of benzene rings is 1. The first-order valence-corrected chi connectivity index (χ1v) is 5.36. The highest BCUT2D eigenvalue weighted by molar-refractivity contribution is 6.31. The average molecular weight is 235 g/mol. The van der Waals surface area contributed by atoms with Gasteiger partial charge in [-0.25, -0.2) is 4.39 Å². The molecule has 1 aromatic carbocycles. The summed E-state index contributed by atoms with van der Waals surface area (Å²) in [6.45, 7) is 0. The molecule has 0 radical (unpaired) electrons. The van der Waals surface area contributed by atoms with Crippen molar-refractivity contribution in [3.8, 4) is 0 Å². The molecule has 3 heteroatoms. The van der Waals surface area contributed by atoms with E-state index in [0.717, 1.165) is 22.3 Å². The molecule has 16 heavy (non-hydrogen) atoms. The van der Waals surface area contributed by atoms with Crippen LogP contribution in [0.15, 0.2) is 40.6 Å². The van der Waals surface area contributed by atoms with Crippen LogP contribution in [0.5, 0.6) is 0 Å². The van der Waals surface area contributed by atoms with Crippen LogP contribution < -0.4 is 0 Å². The summed E-state index contributed by atoms with van der Waals surface area (Å²) in [6, 6.07) is 5.48. The van der Waals surface area contributed by atoms with Gasteiger partial charge in [-0.3, -0.25) is 0 Å². The van der Waals surface area contributed by atoms with Gasteiger partial charge < -0.3 is 4.42 Å². The zero-order chi connectivity index (χ0) is 11.1. The molecule has 1 aromatic heterocycles. The molecule has 0 aliphatic heterocycles. The van der Waals surface area contributed by atoms with E-state index >= 15 is 0 Å². The van der Waals surface area contributed by atoms with E-state index in [-0.39, 0.29) is 5.83 Å². The first-order valence-electron chi connectivity index (χ1n) is 4.99. The van der Waals surface area contributed by atoms with E-state index in [1.165, 1.54) is 12.2 Å². The van der Waals surface area contributed by atoms with Gasteiger partial charge in [0.15, 0.2) is 0 Å². The molecule has 1 aliphatic rings. The molecule has 0 bridgehead atoms. The van der Waals surface area contributed by atoms with Crippen LogP contribution in [0.3, 0.4) is 0 Å². The summed E-state index contributed by atoms with van der Waals surface area (Å²) in [5.74, 6) is 0.551. The summed E-state index contributed by atoms with van der Waals surface area (Å²) in [4.78, 5) is 0. The molecule has 0 amide bonds. The van der Waals surface area contributed by atoms with Crippen LogP contribution in [0.25, 0.3) is 17.0 Å². The van der Waals surface area contributed by atoms with Gasteiger partial charge in [-0.15, -0.1) is 0 Å². The highest BCUT2D eigenvalue weighted by Gasteiger charge is 2.13. The van der Waals surface area contributed by atoms with Crippen molar-refractivity contribution < 1.29 is 8.81 Å². The minimum atomic E-state index is -0.228. The van der Waals surface area contributed by atoms with Crippen molar-refractivity contribution in [2.24, 2.45) is 0 Å². The SMILES string of the molecule is FC1=CCc2oc3cc(Cl)ccc3c2C=C1. The third-order valence-corrected chi connectivity index (χ3v) is 2.89. The zero-order valence-electron chi connectivity index (χ0n) is 8.34. The molecule has 0 fully saturated rings. The quantitative estimate of drug-likeness (QED) is 0.654. The molecule has 0 N–H and O–H groups in total. The molecule has 0 atom stereocenters. The van der Waals surface area contributed by atoms with E-state index < -0.39 is 0 Å². The molecule has 0 saturated heterocycles. The van der Waals surface area contributed by atoms with Gasteiger partial charge >= 0.3 is 0 Å². The first kappa shape index (κ1) is 9.67. The van der Waals surface area contributed by atoms with Gasteiger partial charge in [0, 0.05) is 28.5 Å². The van der Waals surface area contributed by atoms with Gasteiger partial charge in [0.2, 0.25) is 0 Å². The van der Waals surface area contributed by atoms with E-state index in [1.54, 1.807) is 12.1 Å². The van der Waals surface area contributed by atoms with Gasteiger partial charge in [-0.05, 0) is 30.4 Å². The molecular formula is C13H8ClFO. The van der Waals surface area contributed by atoms with Gasteiger partial charge in [0.25, 0.3) is 0 Å². The summed E-state index contributed by atoms with van der Waals surface area (Å²) in [5.41, 5.74) is 1.69. The van der Waals surface area contributed by atoms with Gasteiger partial charge in [0.1, 0.15) is 17.2 Å². The lowest BCUT2D eigenvalue weighted by Gasteiger charge is -1.91. The maximum absolute atomic E-state index is 13.1. The van der Waals surface area contributed by atoms with E-state index in [4.69, 9.17) is 16.0 Å². The Morgan fingerprint density at radius 2 is 2.12 bits per heavy atom. The summed E-state index contributed by atoms with van der Waals surface area (Å²) >= 11 is 5.89. The second-order valence-electron chi connectivity index (χ2n) is 3.71. The Morgan fingerprint density at radius 3 is 3.00 bits per heavy atom. The molecule has 1 nitrogen and oxygen atoms in total. The Labute approximate surface area is 96.8 Å². The minimum absolute atomic E-state index is 0.228. The van der Waals surface area contributed by atoms with Gasteiger partial charge in [-0.2, -0.15) is 0 Å². The minimum Gasteiger partial charge on any atom is -0.460 e. The first-order chi connectivity index (χ1) is 7.74. The number of hydrogen-bond donors (Lipinski definition) is 0. The second-order valence-corrected chi connectivity index (χ2v) is 4.14. The fourth-order valence-electron chi connectivity index (χ4n) is 1.90. The van der Waals surface area contributed by atoms with Crippen LogP contribution in [0, 0.1) is 0 Å². The average Bonchev–Trinajstić information content (AvgIpc) is 2.50. The van der Waals surface area contributed by atoms with Crippen molar-refractivity contribution in [2.75, 3.05) is 0 Å². The molecule has 80 valence electrons. The van der Waals surface area contributed by atoms with Gasteiger partial charge in [0.05, 0.1) is 0 Å². The van der Waals surface area contributed by atoms with Crippen molar-refractivity contribution >= 4 is 28.6 Å². The lowest BCUT2D eigenvalue weighted by atomic mass is 10.1. The predicted molar refractivity (Wildman–Crippen MR) is 63.2 cm³/mol. The van der Waals surface area contributed by atoms with Crippen LogP contribution in [-0.2, 0) is 6.42 Å². The molecule has 3 rings (SSSR count). The molecule has 0 saturated carbocycles. The van der Waals surface area contributed by atoms with Crippen molar-refractivity contribution in [3.63, 3.8) is 0 Å². The largest absolute Gasteiger partial charge is 0.460 e. The van der Waals surface area contributed by atoms with Crippen molar-refractivity contribution in [2.45, 2.75) is 6.42 Å². The van der Waals surface area contributed by atoms with E-state index in [2.05, 4.69) is 0 Å². The van der Waals surface area contributed by atoms with Crippen molar-refractivity contribution in [3.05, 3.63) is 52.5 Å². The lowest BCUT2D eigenvalue weighted by Crippen LogP contribution is -1.78. The summed E-state index contributed by atoms with van der Waals surface area (Å²) in [6.07, 6.45) is 5.18. The normalized spacial score (nSPS) is 14.8. The summed E-state index contributed by atoms with van der Waals surface area (Å²) in [5, 5.41) is 1.61. The number of allylic oxidation sites excluding steroid dienone is 3. The standard InChI is InChI=1S/C13H8ClFO/c14-8-1-4-11-10-5-2-9(15)3-6-12(10)16-13(11)7-8/h1-5,7H,6H2. The smallest absolute Gasteiger partial charge is 0.136 e. The van der Waals surface area contributed by atoms with Gasteiger partial charge in [-0.1, -0.05) is 11.6 Å². The Hall–Kier alpha value is -1.54. The van der Waals surface area contributed by atoms with Crippen molar-refractivity contribution in [1.29, 1.82) is 0 Å². The monoisotopic (exact) mass is 234 g/mol. The molecule has 0 unspecified atom stereocenters. The number of hydrogen-bond acceptors (Lipinski definition) is 1. The van der Waals surface area contributed by atoms with Crippen LogP contribution in [0.2, 0.25) is 5.02 Å². The fourth-order valence-corrected chi connectivity index (χ4v) is 2.06. The number of rotatable bonds is 0.